The summed E-state index contributed by atoms with van der Waals surface area (Å²) in [5.74, 6) is 0.511. The summed E-state index contributed by atoms with van der Waals surface area (Å²) in [5, 5.41) is 1.58. The normalized spacial score (nSPS) is 11.6. The SMILES string of the molecule is COc1cc(C)ccc1OS(=O)(=O)/C=C/c1ccc(Cl)cc1. The molecule has 0 saturated carbocycles. The first-order chi connectivity index (χ1) is 10.4. The zero-order valence-electron chi connectivity index (χ0n) is 12.1. The van der Waals surface area contributed by atoms with E-state index in [1.54, 1.807) is 42.5 Å². The van der Waals surface area contributed by atoms with Crippen LogP contribution in [0.25, 0.3) is 6.08 Å². The molecule has 0 heterocycles. The molecule has 0 unspecified atom stereocenters. The van der Waals surface area contributed by atoms with Crippen LogP contribution < -0.4 is 8.92 Å². The maximum absolute atomic E-state index is 12.0. The van der Waals surface area contributed by atoms with E-state index in [9.17, 15) is 8.42 Å². The highest BCUT2D eigenvalue weighted by molar-refractivity contribution is 7.90. The van der Waals surface area contributed by atoms with Crippen molar-refractivity contribution >= 4 is 27.8 Å². The van der Waals surface area contributed by atoms with Crippen molar-refractivity contribution < 1.29 is 17.3 Å². The molecule has 0 aromatic heterocycles. The molecule has 22 heavy (non-hydrogen) atoms. The molecule has 0 aliphatic rings. The van der Waals surface area contributed by atoms with Crippen molar-refractivity contribution in [3.8, 4) is 11.5 Å². The van der Waals surface area contributed by atoms with Crippen LogP contribution >= 0.6 is 11.6 Å². The molecule has 0 bridgehead atoms. The minimum atomic E-state index is -3.88. The van der Waals surface area contributed by atoms with E-state index in [-0.39, 0.29) is 5.75 Å². The first-order valence-corrected chi connectivity index (χ1v) is 8.27. The van der Waals surface area contributed by atoms with Crippen molar-refractivity contribution in [3.63, 3.8) is 0 Å². The van der Waals surface area contributed by atoms with Crippen LogP contribution in [-0.2, 0) is 10.1 Å². The molecule has 0 aliphatic carbocycles. The molecular weight excluding hydrogens is 324 g/mol. The number of hydrogen-bond acceptors (Lipinski definition) is 4. The minimum absolute atomic E-state index is 0.147. The molecule has 0 atom stereocenters. The number of benzene rings is 2. The van der Waals surface area contributed by atoms with Gasteiger partial charge in [0.25, 0.3) is 0 Å². The van der Waals surface area contributed by atoms with E-state index in [0.29, 0.717) is 16.3 Å². The van der Waals surface area contributed by atoms with Crippen LogP contribution in [0.15, 0.2) is 47.9 Å². The lowest BCUT2D eigenvalue weighted by molar-refractivity contribution is 0.391. The summed E-state index contributed by atoms with van der Waals surface area (Å²) in [4.78, 5) is 0. The van der Waals surface area contributed by atoms with Crippen LogP contribution in [0.1, 0.15) is 11.1 Å². The fourth-order valence-electron chi connectivity index (χ4n) is 1.73. The standard InChI is InChI=1S/C16H15ClO4S/c1-12-3-8-15(16(11-12)20-2)21-22(18,19)10-9-13-4-6-14(17)7-5-13/h3-11H,1-2H3/b10-9+. The lowest BCUT2D eigenvalue weighted by Crippen LogP contribution is -2.06. The number of aryl methyl sites for hydroxylation is 1. The van der Waals surface area contributed by atoms with Gasteiger partial charge >= 0.3 is 10.1 Å². The van der Waals surface area contributed by atoms with Gasteiger partial charge < -0.3 is 8.92 Å². The van der Waals surface area contributed by atoms with E-state index < -0.39 is 10.1 Å². The predicted molar refractivity (Wildman–Crippen MR) is 87.8 cm³/mol. The molecule has 2 aromatic rings. The van der Waals surface area contributed by atoms with E-state index in [1.165, 1.54) is 13.2 Å². The van der Waals surface area contributed by atoms with Crippen LogP contribution in [-0.4, -0.2) is 15.5 Å². The third-order valence-corrected chi connectivity index (χ3v) is 3.96. The zero-order chi connectivity index (χ0) is 16.2. The number of methoxy groups -OCH3 is 1. The molecule has 0 N–H and O–H groups in total. The monoisotopic (exact) mass is 338 g/mol. The highest BCUT2D eigenvalue weighted by Gasteiger charge is 2.13. The van der Waals surface area contributed by atoms with E-state index >= 15 is 0 Å². The first-order valence-electron chi connectivity index (χ1n) is 6.42. The molecule has 116 valence electrons. The Hall–Kier alpha value is -1.98. The molecule has 0 spiro atoms. The fourth-order valence-corrected chi connectivity index (χ4v) is 2.63. The summed E-state index contributed by atoms with van der Waals surface area (Å²) in [6, 6.07) is 11.8. The van der Waals surface area contributed by atoms with Crippen LogP contribution in [0.3, 0.4) is 0 Å². The largest absolute Gasteiger partial charge is 0.493 e. The van der Waals surface area contributed by atoms with Gasteiger partial charge in [-0.15, -0.1) is 0 Å². The average Bonchev–Trinajstić information content (AvgIpc) is 2.48. The summed E-state index contributed by atoms with van der Waals surface area (Å²) in [6.07, 6.45) is 1.44. The Kier molecular flexibility index (Phi) is 5.11. The van der Waals surface area contributed by atoms with Gasteiger partial charge in [0.2, 0.25) is 0 Å². The number of ether oxygens (including phenoxy) is 1. The summed E-state index contributed by atoms with van der Waals surface area (Å²) in [5.41, 5.74) is 1.64. The molecule has 0 aliphatic heterocycles. The van der Waals surface area contributed by atoms with Gasteiger partial charge in [0.1, 0.15) is 0 Å². The Morgan fingerprint density at radius 3 is 2.36 bits per heavy atom. The molecule has 6 heteroatoms. The zero-order valence-corrected chi connectivity index (χ0v) is 13.7. The van der Waals surface area contributed by atoms with E-state index in [2.05, 4.69) is 0 Å². The van der Waals surface area contributed by atoms with Gasteiger partial charge in [-0.25, -0.2) is 0 Å². The second-order valence-corrected chi connectivity index (χ2v) is 6.45. The summed E-state index contributed by atoms with van der Waals surface area (Å²) >= 11 is 5.77. The number of hydrogen-bond donors (Lipinski definition) is 0. The third-order valence-electron chi connectivity index (χ3n) is 2.82. The molecule has 4 nitrogen and oxygen atoms in total. The van der Waals surface area contributed by atoms with Gasteiger partial charge in [0, 0.05) is 5.02 Å². The van der Waals surface area contributed by atoms with Crippen molar-refractivity contribution in [1.29, 1.82) is 0 Å². The minimum Gasteiger partial charge on any atom is -0.493 e. The Morgan fingerprint density at radius 2 is 1.73 bits per heavy atom. The molecule has 0 fully saturated rings. The van der Waals surface area contributed by atoms with Gasteiger partial charge in [0.05, 0.1) is 12.5 Å². The van der Waals surface area contributed by atoms with Crippen molar-refractivity contribution in [2.24, 2.45) is 0 Å². The number of halogens is 1. The van der Waals surface area contributed by atoms with Crippen molar-refractivity contribution in [3.05, 3.63) is 64.0 Å². The number of rotatable bonds is 5. The first kappa shape index (κ1) is 16.4. The van der Waals surface area contributed by atoms with Crippen LogP contribution in [0, 0.1) is 6.92 Å². The van der Waals surface area contributed by atoms with Crippen LogP contribution in [0.2, 0.25) is 5.02 Å². The Balaban J connectivity index is 2.19. The summed E-state index contributed by atoms with van der Waals surface area (Å²) in [6.45, 7) is 1.88. The van der Waals surface area contributed by atoms with E-state index in [4.69, 9.17) is 20.5 Å². The maximum Gasteiger partial charge on any atom is 0.332 e. The summed E-state index contributed by atoms with van der Waals surface area (Å²) < 4.78 is 34.2. The van der Waals surface area contributed by atoms with Crippen LogP contribution in [0.5, 0.6) is 11.5 Å². The van der Waals surface area contributed by atoms with Gasteiger partial charge in [-0.1, -0.05) is 29.8 Å². The van der Waals surface area contributed by atoms with Gasteiger partial charge in [-0.05, 0) is 48.4 Å². The van der Waals surface area contributed by atoms with Gasteiger partial charge in [0.15, 0.2) is 11.5 Å². The lowest BCUT2D eigenvalue weighted by atomic mass is 10.2. The van der Waals surface area contributed by atoms with Crippen molar-refractivity contribution in [2.75, 3.05) is 7.11 Å². The highest BCUT2D eigenvalue weighted by atomic mass is 35.5. The van der Waals surface area contributed by atoms with Gasteiger partial charge in [-0.3, -0.25) is 0 Å². The van der Waals surface area contributed by atoms with E-state index in [0.717, 1.165) is 11.0 Å². The predicted octanol–water partition coefficient (Wildman–Crippen LogP) is 4.04. The van der Waals surface area contributed by atoms with Crippen LogP contribution in [0.4, 0.5) is 0 Å². The molecule has 2 aromatic carbocycles. The molecule has 0 saturated heterocycles. The molecule has 0 amide bonds. The Morgan fingerprint density at radius 1 is 1.05 bits per heavy atom. The lowest BCUT2D eigenvalue weighted by Gasteiger charge is -2.09. The van der Waals surface area contributed by atoms with E-state index in [1.807, 2.05) is 6.92 Å². The molecule has 0 radical (unpaired) electrons. The Labute approximate surface area is 135 Å². The van der Waals surface area contributed by atoms with Crippen molar-refractivity contribution in [1.82, 2.24) is 0 Å². The highest BCUT2D eigenvalue weighted by Crippen LogP contribution is 2.29. The second kappa shape index (κ2) is 6.85. The average molecular weight is 339 g/mol. The van der Waals surface area contributed by atoms with Gasteiger partial charge in [-0.2, -0.15) is 8.42 Å². The van der Waals surface area contributed by atoms with Crippen molar-refractivity contribution in [2.45, 2.75) is 6.92 Å². The fraction of sp³-hybridized carbons (Fsp3) is 0.125. The second-order valence-electron chi connectivity index (χ2n) is 4.58. The smallest absolute Gasteiger partial charge is 0.332 e. The summed E-state index contributed by atoms with van der Waals surface area (Å²) in [7, 11) is -2.43. The molecular formula is C16H15ClO4S. The Bertz CT molecular complexity index is 780. The molecule has 2 rings (SSSR count). The quantitative estimate of drug-likeness (QED) is 0.772. The maximum atomic E-state index is 12.0. The topological polar surface area (TPSA) is 52.6 Å². The third kappa shape index (κ3) is 4.51.